The van der Waals surface area contributed by atoms with Gasteiger partial charge in [-0.1, -0.05) is 6.07 Å². The number of nitrogens with one attached hydrogen (secondary N) is 1. The van der Waals surface area contributed by atoms with E-state index in [4.69, 9.17) is 0 Å². The second kappa shape index (κ2) is 6.24. The summed E-state index contributed by atoms with van der Waals surface area (Å²) in [5.74, 6) is 0.424. The van der Waals surface area contributed by atoms with Crippen LogP contribution in [0.25, 0.3) is 5.65 Å². The molecule has 0 aromatic carbocycles. The molecule has 0 aliphatic carbocycles. The monoisotopic (exact) mass is 342 g/mol. The summed E-state index contributed by atoms with van der Waals surface area (Å²) in [5.41, 5.74) is 1.40. The molecule has 0 bridgehead atoms. The molecule has 6 nitrogen and oxygen atoms in total. The normalized spacial score (nSPS) is 15.9. The van der Waals surface area contributed by atoms with Crippen molar-refractivity contribution >= 4 is 22.9 Å². The molecule has 0 saturated carbocycles. The molecule has 1 amide bonds. The van der Waals surface area contributed by atoms with Crippen molar-refractivity contribution in [2.24, 2.45) is 0 Å². The van der Waals surface area contributed by atoms with Crippen LogP contribution in [0.2, 0.25) is 0 Å². The highest BCUT2D eigenvalue weighted by molar-refractivity contribution is 7.10. The van der Waals surface area contributed by atoms with Crippen molar-refractivity contribution in [3.8, 4) is 0 Å². The van der Waals surface area contributed by atoms with Crippen LogP contribution in [0.4, 0.5) is 0 Å². The minimum atomic E-state index is -0.0869. The van der Waals surface area contributed by atoms with E-state index < -0.39 is 0 Å². The Balaban J connectivity index is 1.43. The Morgan fingerprint density at radius 2 is 2.17 bits per heavy atom. The van der Waals surface area contributed by atoms with Gasteiger partial charge in [-0.2, -0.15) is 0 Å². The highest BCUT2D eigenvalue weighted by Crippen LogP contribution is 2.26. The van der Waals surface area contributed by atoms with Crippen LogP contribution in [0.1, 0.15) is 29.3 Å². The average molecular weight is 342 g/mol. The van der Waals surface area contributed by atoms with E-state index >= 15 is 0 Å². The molecule has 0 radical (unpaired) electrons. The van der Waals surface area contributed by atoms with E-state index in [1.54, 1.807) is 29.7 Å². The minimum absolute atomic E-state index is 0.0869. The maximum absolute atomic E-state index is 12.4. The van der Waals surface area contributed by atoms with E-state index in [0.29, 0.717) is 12.1 Å². The molecule has 4 heterocycles. The lowest BCUT2D eigenvalue weighted by Crippen LogP contribution is -2.39. The number of aromatic nitrogens is 3. The highest BCUT2D eigenvalue weighted by Gasteiger charge is 2.25. The van der Waals surface area contributed by atoms with Gasteiger partial charge in [0.05, 0.1) is 12.1 Å². The van der Waals surface area contributed by atoms with Gasteiger partial charge in [-0.05, 0) is 24.3 Å². The number of piperidine rings is 1. The maximum Gasteiger partial charge on any atom is 0.272 e. The molecule has 3 aromatic heterocycles. The third-order valence-corrected chi connectivity index (χ3v) is 5.45. The van der Waals surface area contributed by atoms with E-state index in [9.17, 15) is 9.59 Å². The molecule has 1 aliphatic heterocycles. The van der Waals surface area contributed by atoms with Crippen LogP contribution in [0.15, 0.2) is 40.6 Å². The summed E-state index contributed by atoms with van der Waals surface area (Å²) in [6, 6.07) is 7.38. The lowest BCUT2D eigenvalue weighted by atomic mass is 9.93. The van der Waals surface area contributed by atoms with Gasteiger partial charge < -0.3 is 4.90 Å². The van der Waals surface area contributed by atoms with E-state index in [1.807, 2.05) is 22.4 Å². The summed E-state index contributed by atoms with van der Waals surface area (Å²) in [6.45, 7) is 1.45. The van der Waals surface area contributed by atoms with Crippen LogP contribution in [0.5, 0.6) is 0 Å². The van der Waals surface area contributed by atoms with Crippen molar-refractivity contribution in [3.05, 3.63) is 56.8 Å². The molecular weight excluding hydrogens is 324 g/mol. The Labute approximate surface area is 142 Å². The van der Waals surface area contributed by atoms with Crippen LogP contribution >= 0.6 is 11.3 Å². The molecule has 1 saturated heterocycles. The number of likely N-dealkylation sites (tertiary alicyclic amines) is 1. The molecule has 1 aliphatic rings. The van der Waals surface area contributed by atoms with Gasteiger partial charge in [0.2, 0.25) is 5.91 Å². The van der Waals surface area contributed by atoms with Gasteiger partial charge in [-0.25, -0.2) is 9.50 Å². The summed E-state index contributed by atoms with van der Waals surface area (Å²) < 4.78 is 1.43. The Morgan fingerprint density at radius 1 is 1.33 bits per heavy atom. The lowest BCUT2D eigenvalue weighted by Gasteiger charge is -2.31. The van der Waals surface area contributed by atoms with Crippen molar-refractivity contribution in [3.63, 3.8) is 0 Å². The van der Waals surface area contributed by atoms with Gasteiger partial charge in [0.25, 0.3) is 5.56 Å². The Bertz CT molecular complexity index is 904. The number of carbonyl (C=O) groups excluding carboxylic acids is 1. The van der Waals surface area contributed by atoms with Crippen LogP contribution in [-0.2, 0) is 11.2 Å². The van der Waals surface area contributed by atoms with Crippen LogP contribution in [-0.4, -0.2) is 38.5 Å². The summed E-state index contributed by atoms with van der Waals surface area (Å²) in [4.78, 5) is 32.1. The topological polar surface area (TPSA) is 70.5 Å². The fourth-order valence-corrected chi connectivity index (χ4v) is 3.95. The summed E-state index contributed by atoms with van der Waals surface area (Å²) in [6.07, 6.45) is 3.89. The van der Waals surface area contributed by atoms with Gasteiger partial charge >= 0.3 is 0 Å². The van der Waals surface area contributed by atoms with Crippen molar-refractivity contribution in [1.82, 2.24) is 19.5 Å². The predicted octanol–water partition coefficient (Wildman–Crippen LogP) is 2.03. The number of rotatable bonds is 3. The largest absolute Gasteiger partial charge is 0.342 e. The molecule has 1 N–H and O–H groups in total. The highest BCUT2D eigenvalue weighted by atomic mass is 32.1. The van der Waals surface area contributed by atoms with Crippen LogP contribution in [0.3, 0.4) is 0 Å². The van der Waals surface area contributed by atoms with Gasteiger partial charge in [-0.15, -0.1) is 11.3 Å². The van der Waals surface area contributed by atoms with E-state index in [1.165, 1.54) is 4.52 Å². The molecule has 0 atom stereocenters. The average Bonchev–Trinajstić information content (AvgIpc) is 3.26. The predicted molar refractivity (Wildman–Crippen MR) is 92.4 cm³/mol. The first-order valence-electron chi connectivity index (χ1n) is 8.08. The number of nitrogens with zero attached hydrogens (tertiary/aromatic N) is 3. The molecule has 0 unspecified atom stereocenters. The number of H-pyrrole nitrogens is 1. The standard InChI is InChI=1S/C17H18N4O2S/c22-16(10-13-2-1-9-24-13)20-7-4-12(5-8-20)14-11-17(23)21-15(19-14)3-6-18-21/h1-3,6,9,11-12,18H,4-5,7-8,10H2. The van der Waals surface area contributed by atoms with E-state index in [0.717, 1.165) is 36.5 Å². The van der Waals surface area contributed by atoms with Gasteiger partial charge in [-0.3, -0.25) is 14.7 Å². The second-order valence-corrected chi connectivity index (χ2v) is 7.12. The summed E-state index contributed by atoms with van der Waals surface area (Å²) in [7, 11) is 0. The Hall–Kier alpha value is -2.41. The van der Waals surface area contributed by atoms with Crippen LogP contribution < -0.4 is 5.56 Å². The first kappa shape index (κ1) is 15.1. The van der Waals surface area contributed by atoms with Gasteiger partial charge in [0, 0.05) is 42.2 Å². The van der Waals surface area contributed by atoms with Crippen molar-refractivity contribution in [1.29, 1.82) is 0 Å². The molecule has 7 heteroatoms. The number of thiophene rings is 1. The first-order valence-corrected chi connectivity index (χ1v) is 8.96. The molecule has 124 valence electrons. The molecule has 1 fully saturated rings. The fraction of sp³-hybridized carbons (Fsp3) is 0.353. The van der Waals surface area contributed by atoms with Crippen LogP contribution in [0, 0.1) is 0 Å². The second-order valence-electron chi connectivity index (χ2n) is 6.09. The lowest BCUT2D eigenvalue weighted by molar-refractivity contribution is -0.131. The minimum Gasteiger partial charge on any atom is -0.342 e. The third kappa shape index (κ3) is 2.87. The molecule has 4 rings (SSSR count). The number of amides is 1. The van der Waals surface area contributed by atoms with E-state index in [-0.39, 0.29) is 17.4 Å². The zero-order chi connectivity index (χ0) is 16.5. The van der Waals surface area contributed by atoms with E-state index in [2.05, 4.69) is 10.1 Å². The quantitative estimate of drug-likeness (QED) is 0.792. The smallest absolute Gasteiger partial charge is 0.272 e. The summed E-state index contributed by atoms with van der Waals surface area (Å²) >= 11 is 1.62. The maximum atomic E-state index is 12.4. The van der Waals surface area contributed by atoms with Gasteiger partial charge in [0.1, 0.15) is 0 Å². The number of carbonyl (C=O) groups is 1. The number of fused-ring (bicyclic) bond motifs is 1. The molecule has 0 spiro atoms. The summed E-state index contributed by atoms with van der Waals surface area (Å²) in [5, 5.41) is 4.85. The van der Waals surface area contributed by atoms with Gasteiger partial charge in [0.15, 0.2) is 5.65 Å². The SMILES string of the molecule is O=C(Cc1cccs1)N1CCC(c2cc(=O)n3[nH]ccc3n2)CC1. The molecule has 24 heavy (non-hydrogen) atoms. The number of aromatic amines is 1. The third-order valence-electron chi connectivity index (χ3n) is 4.57. The van der Waals surface area contributed by atoms with Crippen molar-refractivity contribution < 1.29 is 4.79 Å². The fourth-order valence-electron chi connectivity index (χ4n) is 3.25. The zero-order valence-electron chi connectivity index (χ0n) is 13.1. The number of hydrogen-bond acceptors (Lipinski definition) is 4. The Kier molecular flexibility index (Phi) is 3.93. The zero-order valence-corrected chi connectivity index (χ0v) is 14.0. The van der Waals surface area contributed by atoms with Crippen molar-refractivity contribution in [2.75, 3.05) is 13.1 Å². The first-order chi connectivity index (χ1) is 11.7. The van der Waals surface area contributed by atoms with Crippen molar-refractivity contribution in [2.45, 2.75) is 25.2 Å². The molecule has 3 aromatic rings. The Morgan fingerprint density at radius 3 is 2.92 bits per heavy atom. The number of hydrogen-bond donors (Lipinski definition) is 1. The molecular formula is C17H18N4O2S.